The summed E-state index contributed by atoms with van der Waals surface area (Å²) < 4.78 is 16.2. The molecule has 7 nitrogen and oxygen atoms in total. The molecule has 3 aromatic rings. The van der Waals surface area contributed by atoms with Crippen LogP contribution in [0, 0.1) is 0 Å². The van der Waals surface area contributed by atoms with Gasteiger partial charge in [-0.15, -0.1) is 0 Å². The van der Waals surface area contributed by atoms with Gasteiger partial charge in [0.15, 0.2) is 0 Å². The Morgan fingerprint density at radius 3 is 2.81 bits per heavy atom. The van der Waals surface area contributed by atoms with Gasteiger partial charge < -0.3 is 14.8 Å². The van der Waals surface area contributed by atoms with E-state index in [0.29, 0.717) is 49.7 Å². The number of carbonyl (C=O) groups excluding carboxylic acids is 1. The van der Waals surface area contributed by atoms with Crippen LogP contribution in [0.4, 0.5) is 10.2 Å². The summed E-state index contributed by atoms with van der Waals surface area (Å²) in [7, 11) is 1.95. The van der Waals surface area contributed by atoms with Crippen molar-refractivity contribution in [1.82, 2.24) is 19.4 Å². The van der Waals surface area contributed by atoms with Gasteiger partial charge in [0.05, 0.1) is 31.3 Å². The Kier molecular flexibility index (Phi) is 5.00. The van der Waals surface area contributed by atoms with Gasteiger partial charge in [0.25, 0.3) is 5.91 Å². The average Bonchev–Trinajstić information content (AvgIpc) is 3.22. The third kappa shape index (κ3) is 3.77. The van der Waals surface area contributed by atoms with E-state index < -0.39 is 5.67 Å². The second kappa shape index (κ2) is 7.85. The molecule has 164 valence electrons. The summed E-state index contributed by atoms with van der Waals surface area (Å²) in [6.07, 6.45) is 8.16. The van der Waals surface area contributed by atoms with Gasteiger partial charge in [-0.3, -0.25) is 9.79 Å². The van der Waals surface area contributed by atoms with Crippen molar-refractivity contribution in [2.24, 2.45) is 12.0 Å². The minimum atomic E-state index is -1.14. The highest BCUT2D eigenvalue weighted by Gasteiger charge is 2.43. The van der Waals surface area contributed by atoms with Crippen molar-refractivity contribution in [3.8, 4) is 11.3 Å². The van der Waals surface area contributed by atoms with Crippen molar-refractivity contribution in [3.05, 3.63) is 54.6 Å². The maximum atomic E-state index is 14.2. The van der Waals surface area contributed by atoms with Crippen LogP contribution in [-0.2, 0) is 11.8 Å². The first kappa shape index (κ1) is 20.4. The van der Waals surface area contributed by atoms with Gasteiger partial charge in [0, 0.05) is 36.3 Å². The van der Waals surface area contributed by atoms with Gasteiger partial charge in [-0.05, 0) is 36.4 Å². The number of amidine groups is 1. The maximum absolute atomic E-state index is 14.2. The lowest BCUT2D eigenvalue weighted by Crippen LogP contribution is -2.60. The summed E-state index contributed by atoms with van der Waals surface area (Å²) in [5, 5.41) is 4.88. The fourth-order valence-corrected chi connectivity index (χ4v) is 4.16. The fraction of sp³-hybridized carbons (Fsp3) is 0.333. The van der Waals surface area contributed by atoms with Crippen LogP contribution in [0.1, 0.15) is 19.8 Å². The molecule has 0 aliphatic carbocycles. The quantitative estimate of drug-likeness (QED) is 0.682. The number of aliphatic imine (C=N–C) groups is 1. The van der Waals surface area contributed by atoms with Gasteiger partial charge in [0.2, 0.25) is 0 Å². The number of nitrogens with one attached hydrogen (secondary N) is 1. The molecule has 2 aliphatic rings. The van der Waals surface area contributed by atoms with Gasteiger partial charge in [0.1, 0.15) is 17.3 Å². The van der Waals surface area contributed by atoms with Crippen LogP contribution in [0.2, 0.25) is 0 Å². The van der Waals surface area contributed by atoms with Crippen molar-refractivity contribution in [2.75, 3.05) is 25.0 Å². The minimum absolute atomic E-state index is 0.199. The molecule has 0 atom stereocenters. The monoisotopic (exact) mass is 432 g/mol. The summed E-state index contributed by atoms with van der Waals surface area (Å²) >= 11 is 0. The highest BCUT2D eigenvalue weighted by Crippen LogP contribution is 2.30. The molecule has 0 unspecified atom stereocenters. The molecule has 0 bridgehead atoms. The van der Waals surface area contributed by atoms with Crippen LogP contribution in [0.3, 0.4) is 0 Å². The number of rotatable bonds is 4. The third-order valence-corrected chi connectivity index (χ3v) is 6.23. The van der Waals surface area contributed by atoms with E-state index in [0.717, 1.165) is 22.0 Å². The van der Waals surface area contributed by atoms with Gasteiger partial charge in [-0.25, -0.2) is 14.4 Å². The Bertz CT molecular complexity index is 1250. The van der Waals surface area contributed by atoms with E-state index >= 15 is 0 Å². The summed E-state index contributed by atoms with van der Waals surface area (Å²) in [5.41, 5.74) is 1.55. The first-order chi connectivity index (χ1) is 15.4. The number of amides is 1. The number of carbonyl (C=O) groups is 1. The molecule has 1 N–H and O–H groups in total. The molecule has 8 heteroatoms. The topological polar surface area (TPSA) is 75.4 Å². The number of fused-ring (bicyclic) bond motifs is 1. The number of aromatic nitrogens is 3. The molecule has 0 saturated carbocycles. The predicted molar refractivity (Wildman–Crippen MR) is 123 cm³/mol. The number of likely N-dealkylation sites (tertiary alicyclic amines) is 1. The molecule has 1 aromatic carbocycles. The van der Waals surface area contributed by atoms with Crippen LogP contribution < -0.4 is 5.32 Å². The van der Waals surface area contributed by atoms with Gasteiger partial charge >= 0.3 is 0 Å². The summed E-state index contributed by atoms with van der Waals surface area (Å²) in [5.74, 6) is 0.984. The van der Waals surface area contributed by atoms with Crippen LogP contribution in [0.25, 0.3) is 22.0 Å². The summed E-state index contributed by atoms with van der Waals surface area (Å²) in [6.45, 7) is 3.04. The molecule has 1 amide bonds. The Hall–Kier alpha value is -3.55. The van der Waals surface area contributed by atoms with Crippen LogP contribution in [-0.4, -0.2) is 56.5 Å². The standard InChI is InChI=1S/C24H25FN6O/c1-3-24(25)13-31(14-24)22-10-17(6-7-27-22)23(32)29-21-9-19-8-16(4-5-18(19)11-28-21)20-12-26-15-30(20)2/h4-5,8-12,15H,3,6-7,13-14H2,1-2H3,(H,28,29,32). The van der Waals surface area contributed by atoms with Gasteiger partial charge in [-0.1, -0.05) is 19.1 Å². The lowest BCUT2D eigenvalue weighted by atomic mass is 9.92. The van der Waals surface area contributed by atoms with Crippen LogP contribution >= 0.6 is 0 Å². The van der Waals surface area contributed by atoms with Crippen molar-refractivity contribution in [2.45, 2.75) is 25.4 Å². The van der Waals surface area contributed by atoms with Crippen molar-refractivity contribution >= 4 is 28.3 Å². The van der Waals surface area contributed by atoms with Crippen molar-refractivity contribution < 1.29 is 9.18 Å². The largest absolute Gasteiger partial charge is 0.350 e. The molecular weight excluding hydrogens is 407 g/mol. The van der Waals surface area contributed by atoms with E-state index in [1.165, 1.54) is 0 Å². The van der Waals surface area contributed by atoms with E-state index in [1.54, 1.807) is 18.6 Å². The third-order valence-electron chi connectivity index (χ3n) is 6.23. The van der Waals surface area contributed by atoms with E-state index in [2.05, 4.69) is 26.3 Å². The molecule has 1 saturated heterocycles. The lowest BCUT2D eigenvalue weighted by Gasteiger charge is -2.45. The number of pyridine rings is 1. The predicted octanol–water partition coefficient (Wildman–Crippen LogP) is 3.74. The van der Waals surface area contributed by atoms with E-state index in [9.17, 15) is 9.18 Å². The molecule has 2 aliphatic heterocycles. The number of alkyl halides is 1. The molecule has 5 rings (SSSR count). The second-order valence-electron chi connectivity index (χ2n) is 8.50. The second-order valence-corrected chi connectivity index (χ2v) is 8.50. The number of benzene rings is 1. The van der Waals surface area contributed by atoms with Crippen LogP contribution in [0.15, 0.2) is 59.6 Å². The number of hydrogen-bond donors (Lipinski definition) is 1. The molecule has 32 heavy (non-hydrogen) atoms. The van der Waals surface area contributed by atoms with Crippen LogP contribution in [0.5, 0.6) is 0 Å². The zero-order valence-electron chi connectivity index (χ0n) is 18.2. The summed E-state index contributed by atoms with van der Waals surface area (Å²) in [6, 6.07) is 7.99. The van der Waals surface area contributed by atoms with E-state index in [1.807, 2.05) is 47.8 Å². The number of aryl methyl sites for hydroxylation is 1. The average molecular weight is 433 g/mol. The molecule has 0 radical (unpaired) electrons. The number of dihydropyridines is 1. The molecule has 2 aromatic heterocycles. The minimum Gasteiger partial charge on any atom is -0.350 e. The smallest absolute Gasteiger partial charge is 0.252 e. The number of halogens is 1. The molecule has 0 spiro atoms. The normalized spacial score (nSPS) is 17.5. The maximum Gasteiger partial charge on any atom is 0.252 e. The van der Waals surface area contributed by atoms with Crippen molar-refractivity contribution in [1.29, 1.82) is 0 Å². The fourth-order valence-electron chi connectivity index (χ4n) is 4.16. The Balaban J connectivity index is 1.33. The van der Waals surface area contributed by atoms with E-state index in [-0.39, 0.29) is 5.91 Å². The lowest BCUT2D eigenvalue weighted by molar-refractivity contribution is -0.113. The molecule has 4 heterocycles. The number of anilines is 1. The zero-order chi connectivity index (χ0) is 22.3. The first-order valence-electron chi connectivity index (χ1n) is 10.8. The Labute approximate surface area is 185 Å². The highest BCUT2D eigenvalue weighted by molar-refractivity contribution is 6.09. The molecule has 1 fully saturated rings. The Morgan fingerprint density at radius 1 is 1.22 bits per heavy atom. The van der Waals surface area contributed by atoms with E-state index in [4.69, 9.17) is 0 Å². The number of nitrogens with zero attached hydrogens (tertiary/aromatic N) is 5. The van der Waals surface area contributed by atoms with Crippen molar-refractivity contribution in [3.63, 3.8) is 0 Å². The summed E-state index contributed by atoms with van der Waals surface area (Å²) in [4.78, 5) is 27.8. The number of imidazole rings is 1. The SMILES string of the molecule is CCC1(F)CN(C2=NCCC(C(=O)Nc3cc4cc(-c5cncn5C)ccc4cn3)=C2)C1. The van der Waals surface area contributed by atoms with Gasteiger partial charge in [-0.2, -0.15) is 0 Å². The number of hydrogen-bond acceptors (Lipinski definition) is 5. The zero-order valence-corrected chi connectivity index (χ0v) is 18.2. The molecular formula is C24H25FN6O. The highest BCUT2D eigenvalue weighted by atomic mass is 19.1. The Morgan fingerprint density at radius 2 is 2.06 bits per heavy atom. The first-order valence-corrected chi connectivity index (χ1v) is 10.8.